The van der Waals surface area contributed by atoms with Gasteiger partial charge >= 0.3 is 0 Å². The van der Waals surface area contributed by atoms with Gasteiger partial charge in [-0.25, -0.2) is 0 Å². The molecule has 2 amide bonds. The number of nitrogens with zero attached hydrogens (tertiary/aromatic N) is 1. The standard InChI is InChI=1S/C26H28N2O4/c1-19-10-9-14-23(20(19)2)27-25(29)18-28(16-17-31-3)26(30)22-13-7-8-15-24(22)32-21-11-5-4-6-12-21/h4-15H,16-18H2,1-3H3,(H,27,29). The number of hydrogen-bond donors (Lipinski definition) is 1. The van der Waals surface area contributed by atoms with E-state index in [1.165, 1.54) is 4.90 Å². The van der Waals surface area contributed by atoms with Crippen LogP contribution in [-0.2, 0) is 9.53 Å². The summed E-state index contributed by atoms with van der Waals surface area (Å²) in [7, 11) is 1.56. The van der Waals surface area contributed by atoms with E-state index in [9.17, 15) is 9.59 Å². The molecule has 0 bridgehead atoms. The fourth-order valence-electron chi connectivity index (χ4n) is 3.22. The van der Waals surface area contributed by atoms with Crippen molar-refractivity contribution in [2.24, 2.45) is 0 Å². The molecular weight excluding hydrogens is 404 g/mol. The van der Waals surface area contributed by atoms with E-state index in [1.807, 2.05) is 68.4 Å². The molecule has 0 aromatic heterocycles. The Labute approximate surface area is 188 Å². The molecule has 0 unspecified atom stereocenters. The van der Waals surface area contributed by atoms with Gasteiger partial charge in [0.05, 0.1) is 12.2 Å². The van der Waals surface area contributed by atoms with Crippen LogP contribution in [0.1, 0.15) is 21.5 Å². The summed E-state index contributed by atoms with van der Waals surface area (Å²) in [4.78, 5) is 27.6. The van der Waals surface area contributed by atoms with Gasteiger partial charge in [0.25, 0.3) is 5.91 Å². The number of aryl methyl sites for hydroxylation is 1. The quantitative estimate of drug-likeness (QED) is 0.526. The average molecular weight is 433 g/mol. The molecule has 0 aliphatic heterocycles. The van der Waals surface area contributed by atoms with Crippen molar-refractivity contribution in [1.82, 2.24) is 4.90 Å². The molecule has 3 aromatic carbocycles. The van der Waals surface area contributed by atoms with Crippen molar-refractivity contribution in [2.45, 2.75) is 13.8 Å². The average Bonchev–Trinajstić information content (AvgIpc) is 2.80. The molecular formula is C26H28N2O4. The molecule has 0 radical (unpaired) electrons. The highest BCUT2D eigenvalue weighted by atomic mass is 16.5. The van der Waals surface area contributed by atoms with E-state index in [0.29, 0.717) is 23.7 Å². The molecule has 0 fully saturated rings. The topological polar surface area (TPSA) is 67.9 Å². The van der Waals surface area contributed by atoms with Crippen molar-refractivity contribution < 1.29 is 19.1 Å². The summed E-state index contributed by atoms with van der Waals surface area (Å²) < 4.78 is 11.1. The summed E-state index contributed by atoms with van der Waals surface area (Å²) in [6.45, 7) is 4.42. The Kier molecular flexibility index (Phi) is 8.00. The van der Waals surface area contributed by atoms with E-state index >= 15 is 0 Å². The molecule has 6 heteroatoms. The van der Waals surface area contributed by atoms with E-state index in [-0.39, 0.29) is 24.9 Å². The molecule has 0 saturated heterocycles. The van der Waals surface area contributed by atoms with Crippen molar-refractivity contribution in [3.63, 3.8) is 0 Å². The van der Waals surface area contributed by atoms with Crippen molar-refractivity contribution in [1.29, 1.82) is 0 Å². The van der Waals surface area contributed by atoms with Crippen molar-refractivity contribution in [2.75, 3.05) is 32.1 Å². The van der Waals surface area contributed by atoms with Gasteiger partial charge in [-0.15, -0.1) is 0 Å². The van der Waals surface area contributed by atoms with E-state index in [0.717, 1.165) is 16.8 Å². The van der Waals surface area contributed by atoms with E-state index in [2.05, 4.69) is 5.32 Å². The molecule has 3 rings (SSSR count). The Morgan fingerprint density at radius 3 is 2.38 bits per heavy atom. The third-order valence-electron chi connectivity index (χ3n) is 5.15. The van der Waals surface area contributed by atoms with Crippen molar-refractivity contribution in [3.05, 3.63) is 89.5 Å². The molecule has 0 atom stereocenters. The van der Waals surface area contributed by atoms with Gasteiger partial charge in [0.1, 0.15) is 18.0 Å². The van der Waals surface area contributed by atoms with Gasteiger partial charge in [0, 0.05) is 19.3 Å². The second-order valence-corrected chi connectivity index (χ2v) is 7.43. The maximum absolute atomic E-state index is 13.4. The molecule has 6 nitrogen and oxygen atoms in total. The van der Waals surface area contributed by atoms with Crippen LogP contribution < -0.4 is 10.1 Å². The van der Waals surface area contributed by atoms with Gasteiger partial charge in [-0.1, -0.05) is 42.5 Å². The summed E-state index contributed by atoms with van der Waals surface area (Å²) in [5, 5.41) is 2.91. The lowest BCUT2D eigenvalue weighted by molar-refractivity contribution is -0.117. The number of nitrogens with one attached hydrogen (secondary N) is 1. The van der Waals surface area contributed by atoms with Gasteiger partial charge in [0.15, 0.2) is 0 Å². The van der Waals surface area contributed by atoms with Crippen LogP contribution in [0.3, 0.4) is 0 Å². The molecule has 0 spiro atoms. The minimum absolute atomic E-state index is 0.102. The summed E-state index contributed by atoms with van der Waals surface area (Å²) in [6.07, 6.45) is 0. The molecule has 0 heterocycles. The minimum atomic E-state index is -0.301. The summed E-state index contributed by atoms with van der Waals surface area (Å²) in [5.74, 6) is 0.485. The van der Waals surface area contributed by atoms with Crippen LogP contribution in [0.2, 0.25) is 0 Å². The molecule has 0 aliphatic carbocycles. The number of benzene rings is 3. The first kappa shape index (κ1) is 23.0. The zero-order chi connectivity index (χ0) is 22.9. The first-order chi connectivity index (χ1) is 15.5. The Balaban J connectivity index is 1.79. The monoisotopic (exact) mass is 432 g/mol. The maximum atomic E-state index is 13.4. The molecule has 3 aromatic rings. The predicted molar refractivity (Wildman–Crippen MR) is 125 cm³/mol. The second kappa shape index (κ2) is 11.1. The number of ether oxygens (including phenoxy) is 2. The lowest BCUT2D eigenvalue weighted by atomic mass is 10.1. The zero-order valence-corrected chi connectivity index (χ0v) is 18.6. The van der Waals surface area contributed by atoms with Crippen LogP contribution in [0.15, 0.2) is 72.8 Å². The highest BCUT2D eigenvalue weighted by molar-refractivity contribution is 6.01. The van der Waals surface area contributed by atoms with Gasteiger partial charge < -0.3 is 19.7 Å². The number of carbonyl (C=O) groups excluding carboxylic acids is 2. The SMILES string of the molecule is COCCN(CC(=O)Nc1cccc(C)c1C)C(=O)c1ccccc1Oc1ccccc1. The third kappa shape index (κ3) is 5.95. The largest absolute Gasteiger partial charge is 0.457 e. The minimum Gasteiger partial charge on any atom is -0.457 e. The van der Waals surface area contributed by atoms with Crippen LogP contribution in [0.5, 0.6) is 11.5 Å². The molecule has 1 N–H and O–H groups in total. The highest BCUT2D eigenvalue weighted by Gasteiger charge is 2.22. The fraction of sp³-hybridized carbons (Fsp3) is 0.231. The summed E-state index contributed by atoms with van der Waals surface area (Å²) in [5.41, 5.74) is 3.20. The van der Waals surface area contributed by atoms with Crippen LogP contribution in [-0.4, -0.2) is 43.5 Å². The Hall–Kier alpha value is -3.64. The van der Waals surface area contributed by atoms with Crippen LogP contribution >= 0.6 is 0 Å². The van der Waals surface area contributed by atoms with Crippen LogP contribution in [0.4, 0.5) is 5.69 Å². The number of anilines is 1. The number of rotatable bonds is 9. The lowest BCUT2D eigenvalue weighted by Gasteiger charge is -2.23. The molecule has 0 saturated carbocycles. The summed E-state index contributed by atoms with van der Waals surface area (Å²) in [6, 6.07) is 22.0. The number of para-hydroxylation sites is 2. The first-order valence-corrected chi connectivity index (χ1v) is 10.5. The number of amides is 2. The molecule has 32 heavy (non-hydrogen) atoms. The van der Waals surface area contributed by atoms with Crippen LogP contribution in [0.25, 0.3) is 0 Å². The first-order valence-electron chi connectivity index (χ1n) is 10.5. The number of carbonyl (C=O) groups is 2. The Morgan fingerprint density at radius 1 is 0.906 bits per heavy atom. The maximum Gasteiger partial charge on any atom is 0.258 e. The van der Waals surface area contributed by atoms with Gasteiger partial charge in [-0.2, -0.15) is 0 Å². The Morgan fingerprint density at radius 2 is 1.62 bits per heavy atom. The smallest absolute Gasteiger partial charge is 0.258 e. The highest BCUT2D eigenvalue weighted by Crippen LogP contribution is 2.26. The third-order valence-corrected chi connectivity index (χ3v) is 5.15. The van der Waals surface area contributed by atoms with E-state index in [4.69, 9.17) is 9.47 Å². The van der Waals surface area contributed by atoms with Crippen molar-refractivity contribution in [3.8, 4) is 11.5 Å². The zero-order valence-electron chi connectivity index (χ0n) is 18.6. The van der Waals surface area contributed by atoms with Gasteiger partial charge in [-0.05, 0) is 55.3 Å². The molecule has 166 valence electrons. The summed E-state index contributed by atoms with van der Waals surface area (Å²) >= 11 is 0. The fourth-order valence-corrected chi connectivity index (χ4v) is 3.22. The lowest BCUT2D eigenvalue weighted by Crippen LogP contribution is -2.40. The number of methoxy groups -OCH3 is 1. The normalized spacial score (nSPS) is 10.5. The van der Waals surface area contributed by atoms with Crippen molar-refractivity contribution >= 4 is 17.5 Å². The van der Waals surface area contributed by atoms with Gasteiger partial charge in [0.2, 0.25) is 5.91 Å². The van der Waals surface area contributed by atoms with E-state index in [1.54, 1.807) is 25.3 Å². The molecule has 0 aliphatic rings. The Bertz CT molecular complexity index is 1070. The van der Waals surface area contributed by atoms with E-state index < -0.39 is 0 Å². The van der Waals surface area contributed by atoms with Gasteiger partial charge in [-0.3, -0.25) is 9.59 Å². The number of hydrogen-bond acceptors (Lipinski definition) is 4. The second-order valence-electron chi connectivity index (χ2n) is 7.43. The van der Waals surface area contributed by atoms with Crippen LogP contribution in [0, 0.1) is 13.8 Å². The predicted octanol–water partition coefficient (Wildman–Crippen LogP) is 4.82.